The molecule has 1 aromatic rings. The molecule has 1 heterocycles. The summed E-state index contributed by atoms with van der Waals surface area (Å²) in [6.45, 7) is 3.67. The number of anilines is 1. The highest BCUT2D eigenvalue weighted by molar-refractivity contribution is 14.1. The second-order valence-electron chi connectivity index (χ2n) is 4.33. The number of hydrogen-bond acceptors (Lipinski definition) is 3. The van der Waals surface area contributed by atoms with E-state index in [0.29, 0.717) is 19.7 Å². The van der Waals surface area contributed by atoms with Gasteiger partial charge < -0.3 is 15.4 Å². The van der Waals surface area contributed by atoms with Gasteiger partial charge in [0.25, 0.3) is 0 Å². The predicted molar refractivity (Wildman–Crippen MR) is 79.6 cm³/mol. The molecule has 0 spiro atoms. The maximum Gasteiger partial charge on any atom is 0.409 e. The minimum atomic E-state index is -0.215. The second-order valence-corrected chi connectivity index (χ2v) is 5.49. The summed E-state index contributed by atoms with van der Waals surface area (Å²) in [5.74, 6) is 0. The van der Waals surface area contributed by atoms with Gasteiger partial charge in [-0.15, -0.1) is 0 Å². The molecule has 0 atom stereocenters. The summed E-state index contributed by atoms with van der Waals surface area (Å²) in [4.78, 5) is 13.5. The molecule has 4 nitrogen and oxygen atoms in total. The molecule has 0 unspecified atom stereocenters. The van der Waals surface area contributed by atoms with Crippen LogP contribution in [0, 0.1) is 3.57 Å². The van der Waals surface area contributed by atoms with Crippen LogP contribution in [0.5, 0.6) is 0 Å². The fourth-order valence-corrected chi connectivity index (χ4v) is 2.70. The van der Waals surface area contributed by atoms with Crippen molar-refractivity contribution in [2.45, 2.75) is 19.8 Å². The molecular formula is C13H17IN2O2. The van der Waals surface area contributed by atoms with Crippen molar-refractivity contribution in [1.29, 1.82) is 0 Å². The Morgan fingerprint density at radius 2 is 2.00 bits per heavy atom. The van der Waals surface area contributed by atoms with Gasteiger partial charge in [0.15, 0.2) is 0 Å². The van der Waals surface area contributed by atoms with E-state index in [0.717, 1.165) is 22.1 Å². The van der Waals surface area contributed by atoms with Gasteiger partial charge in [-0.05, 0) is 65.6 Å². The Morgan fingerprint density at radius 3 is 2.61 bits per heavy atom. The van der Waals surface area contributed by atoms with Crippen LogP contribution in [0.25, 0.3) is 0 Å². The lowest BCUT2D eigenvalue weighted by atomic mass is 10.0. The fraction of sp³-hybridized carbons (Fsp3) is 0.462. The van der Waals surface area contributed by atoms with Crippen LogP contribution in [0.15, 0.2) is 12.1 Å². The van der Waals surface area contributed by atoms with Gasteiger partial charge in [-0.2, -0.15) is 0 Å². The quantitative estimate of drug-likeness (QED) is 0.618. The maximum atomic E-state index is 11.7. The molecule has 5 heteroatoms. The number of amides is 1. The first-order chi connectivity index (χ1) is 8.61. The summed E-state index contributed by atoms with van der Waals surface area (Å²) >= 11 is 2.24. The smallest absolute Gasteiger partial charge is 0.409 e. The second kappa shape index (κ2) is 5.77. The third kappa shape index (κ3) is 2.88. The number of nitrogen functional groups attached to an aromatic ring is 1. The average molecular weight is 360 g/mol. The van der Waals surface area contributed by atoms with Gasteiger partial charge in [-0.1, -0.05) is 0 Å². The summed E-state index contributed by atoms with van der Waals surface area (Å²) in [7, 11) is 0. The summed E-state index contributed by atoms with van der Waals surface area (Å²) < 4.78 is 6.12. The minimum Gasteiger partial charge on any atom is -0.450 e. The standard InChI is InChI=1S/C13H17IN2O2/c1-2-18-13(17)16-5-3-9-7-11(14)12(15)8-10(9)4-6-16/h7-8H,2-6,15H2,1H3. The molecule has 1 aliphatic rings. The van der Waals surface area contributed by atoms with Gasteiger partial charge in [0, 0.05) is 22.3 Å². The Hall–Kier alpha value is -0.980. The van der Waals surface area contributed by atoms with Gasteiger partial charge >= 0.3 is 6.09 Å². The van der Waals surface area contributed by atoms with Crippen molar-refractivity contribution in [2.24, 2.45) is 0 Å². The Morgan fingerprint density at radius 1 is 1.39 bits per heavy atom. The summed E-state index contributed by atoms with van der Waals surface area (Å²) in [6.07, 6.45) is 1.49. The highest BCUT2D eigenvalue weighted by Gasteiger charge is 2.19. The van der Waals surface area contributed by atoms with Gasteiger partial charge in [-0.3, -0.25) is 0 Å². The molecule has 1 aliphatic heterocycles. The van der Waals surface area contributed by atoms with Crippen molar-refractivity contribution in [1.82, 2.24) is 4.90 Å². The first kappa shape index (κ1) is 13.5. The normalized spacial score (nSPS) is 14.9. The number of rotatable bonds is 1. The molecule has 2 rings (SSSR count). The van der Waals surface area contributed by atoms with E-state index >= 15 is 0 Å². The minimum absolute atomic E-state index is 0.215. The van der Waals surface area contributed by atoms with Crippen molar-refractivity contribution in [3.05, 3.63) is 26.8 Å². The monoisotopic (exact) mass is 360 g/mol. The lowest BCUT2D eigenvalue weighted by Gasteiger charge is -2.18. The molecule has 0 radical (unpaired) electrons. The van der Waals surface area contributed by atoms with E-state index < -0.39 is 0 Å². The molecule has 98 valence electrons. The molecule has 1 amide bonds. The lowest BCUT2D eigenvalue weighted by molar-refractivity contribution is 0.109. The van der Waals surface area contributed by atoms with Crippen molar-refractivity contribution in [2.75, 3.05) is 25.4 Å². The molecule has 0 aromatic heterocycles. The van der Waals surface area contributed by atoms with Crippen LogP contribution in [-0.2, 0) is 17.6 Å². The molecule has 0 saturated heterocycles. The molecule has 1 aromatic carbocycles. The number of halogens is 1. The number of nitrogens with two attached hydrogens (primary N) is 1. The van der Waals surface area contributed by atoms with Crippen LogP contribution in [-0.4, -0.2) is 30.7 Å². The van der Waals surface area contributed by atoms with E-state index in [1.54, 1.807) is 4.90 Å². The van der Waals surface area contributed by atoms with Gasteiger partial charge in [0.05, 0.1) is 6.61 Å². The summed E-state index contributed by atoms with van der Waals surface area (Å²) in [6, 6.07) is 4.16. The highest BCUT2D eigenvalue weighted by atomic mass is 127. The van der Waals surface area contributed by atoms with Gasteiger partial charge in [-0.25, -0.2) is 4.79 Å². The van der Waals surface area contributed by atoms with E-state index in [-0.39, 0.29) is 6.09 Å². The first-order valence-corrected chi connectivity index (χ1v) is 7.18. The number of carbonyl (C=O) groups excluding carboxylic acids is 1. The molecular weight excluding hydrogens is 343 g/mol. The van der Waals surface area contributed by atoms with Crippen LogP contribution in [0.4, 0.5) is 10.5 Å². The summed E-state index contributed by atoms with van der Waals surface area (Å²) in [5.41, 5.74) is 9.28. The maximum absolute atomic E-state index is 11.7. The van der Waals surface area contributed by atoms with Crippen molar-refractivity contribution in [3.63, 3.8) is 0 Å². The third-order valence-electron chi connectivity index (χ3n) is 3.15. The molecule has 0 aliphatic carbocycles. The number of nitrogens with zero attached hydrogens (tertiary/aromatic N) is 1. The average Bonchev–Trinajstić information content (AvgIpc) is 2.53. The zero-order chi connectivity index (χ0) is 13.1. The Labute approximate surface area is 121 Å². The lowest BCUT2D eigenvalue weighted by Crippen LogP contribution is -2.33. The van der Waals surface area contributed by atoms with Crippen LogP contribution in [0.1, 0.15) is 18.1 Å². The van der Waals surface area contributed by atoms with E-state index in [1.165, 1.54) is 11.1 Å². The fourth-order valence-electron chi connectivity index (χ4n) is 2.16. The van der Waals surface area contributed by atoms with E-state index in [9.17, 15) is 4.79 Å². The van der Waals surface area contributed by atoms with Crippen LogP contribution < -0.4 is 5.73 Å². The zero-order valence-corrected chi connectivity index (χ0v) is 12.6. The highest BCUT2D eigenvalue weighted by Crippen LogP contribution is 2.24. The molecule has 0 fully saturated rings. The van der Waals surface area contributed by atoms with Crippen LogP contribution in [0.2, 0.25) is 0 Å². The largest absolute Gasteiger partial charge is 0.450 e. The van der Waals surface area contributed by atoms with Crippen molar-refractivity contribution in [3.8, 4) is 0 Å². The Balaban J connectivity index is 2.14. The number of carbonyl (C=O) groups is 1. The van der Waals surface area contributed by atoms with Gasteiger partial charge in [0.1, 0.15) is 0 Å². The number of benzene rings is 1. The molecule has 0 saturated carbocycles. The zero-order valence-electron chi connectivity index (χ0n) is 10.4. The van der Waals surface area contributed by atoms with Gasteiger partial charge in [0.2, 0.25) is 0 Å². The summed E-state index contributed by atoms with van der Waals surface area (Å²) in [5, 5.41) is 0. The predicted octanol–water partition coefficient (Wildman–Crippen LogP) is 2.43. The van der Waals surface area contributed by atoms with Crippen molar-refractivity contribution < 1.29 is 9.53 Å². The molecule has 0 bridgehead atoms. The number of hydrogen-bond donors (Lipinski definition) is 1. The van der Waals surface area contributed by atoms with Crippen molar-refractivity contribution >= 4 is 34.4 Å². The number of ether oxygens (including phenoxy) is 1. The Bertz CT molecular complexity index is 430. The third-order valence-corrected chi connectivity index (χ3v) is 4.08. The van der Waals surface area contributed by atoms with E-state index in [4.69, 9.17) is 10.5 Å². The Kier molecular flexibility index (Phi) is 4.31. The molecule has 2 N–H and O–H groups in total. The topological polar surface area (TPSA) is 55.6 Å². The number of fused-ring (bicyclic) bond motifs is 1. The van der Waals surface area contributed by atoms with E-state index in [1.807, 2.05) is 13.0 Å². The molecule has 18 heavy (non-hydrogen) atoms. The van der Waals surface area contributed by atoms with Crippen LogP contribution in [0.3, 0.4) is 0 Å². The van der Waals surface area contributed by atoms with E-state index in [2.05, 4.69) is 28.7 Å². The first-order valence-electron chi connectivity index (χ1n) is 6.10. The van der Waals surface area contributed by atoms with Crippen LogP contribution >= 0.6 is 22.6 Å². The SMILES string of the molecule is CCOC(=O)N1CCc2cc(N)c(I)cc2CC1.